The summed E-state index contributed by atoms with van der Waals surface area (Å²) in [5.74, 6) is -0.693. The molecule has 0 aliphatic heterocycles. The van der Waals surface area contributed by atoms with Crippen molar-refractivity contribution in [2.75, 3.05) is 0 Å². The van der Waals surface area contributed by atoms with Crippen LogP contribution in [0.15, 0.2) is 18.2 Å². The average Bonchev–Trinajstić information content (AvgIpc) is 2.79. The third kappa shape index (κ3) is 3.38. The minimum Gasteiger partial charge on any atom is -0.481 e. The summed E-state index contributed by atoms with van der Waals surface area (Å²) < 4.78 is 1.08. The second-order valence-electron chi connectivity index (χ2n) is 6.03. The van der Waals surface area contributed by atoms with Gasteiger partial charge >= 0.3 is 5.97 Å². The largest absolute Gasteiger partial charge is 0.481 e. The molecule has 3 rings (SSSR count). The van der Waals surface area contributed by atoms with E-state index in [4.69, 9.17) is 11.6 Å². The van der Waals surface area contributed by atoms with Gasteiger partial charge < -0.3 is 5.11 Å². The van der Waals surface area contributed by atoms with Crippen LogP contribution in [-0.4, -0.2) is 16.1 Å². The van der Waals surface area contributed by atoms with E-state index >= 15 is 0 Å². The van der Waals surface area contributed by atoms with E-state index in [1.807, 2.05) is 18.2 Å². The molecular weight excluding hydrogens is 306 g/mol. The number of carboxylic acids is 1. The molecule has 3 nitrogen and oxygen atoms in total. The van der Waals surface area contributed by atoms with Crippen LogP contribution in [0.2, 0.25) is 5.02 Å². The lowest BCUT2D eigenvalue weighted by Gasteiger charge is -2.35. The lowest BCUT2D eigenvalue weighted by molar-refractivity contribution is -0.140. The van der Waals surface area contributed by atoms with Crippen LogP contribution in [0, 0.1) is 5.41 Å². The Morgan fingerprint density at radius 3 is 2.81 bits per heavy atom. The standard InChI is InChI=1S/C16H18ClNO2S/c17-11-4-5-12-13(8-11)21-14(18-12)9-16(10-15(19)20)6-2-1-3-7-16/h4-5,8H,1-3,6-7,9-10H2,(H,19,20). The Labute approximate surface area is 133 Å². The van der Waals surface area contributed by atoms with Crippen molar-refractivity contribution in [3.8, 4) is 0 Å². The van der Waals surface area contributed by atoms with Crippen LogP contribution in [0.1, 0.15) is 43.5 Å². The van der Waals surface area contributed by atoms with Crippen LogP contribution in [-0.2, 0) is 11.2 Å². The summed E-state index contributed by atoms with van der Waals surface area (Å²) in [4.78, 5) is 15.9. The van der Waals surface area contributed by atoms with Crippen molar-refractivity contribution in [1.29, 1.82) is 0 Å². The first kappa shape index (κ1) is 14.8. The molecule has 0 atom stereocenters. The van der Waals surface area contributed by atoms with Crippen LogP contribution in [0.3, 0.4) is 0 Å². The molecule has 21 heavy (non-hydrogen) atoms. The number of fused-ring (bicyclic) bond motifs is 1. The van der Waals surface area contributed by atoms with Gasteiger partial charge in [-0.25, -0.2) is 4.98 Å². The number of carbonyl (C=O) groups is 1. The van der Waals surface area contributed by atoms with Gasteiger partial charge in [-0.2, -0.15) is 0 Å². The van der Waals surface area contributed by atoms with Gasteiger partial charge in [-0.3, -0.25) is 4.79 Å². The van der Waals surface area contributed by atoms with Gasteiger partial charge in [0.2, 0.25) is 0 Å². The molecular formula is C16H18ClNO2S. The smallest absolute Gasteiger partial charge is 0.303 e. The lowest BCUT2D eigenvalue weighted by Crippen LogP contribution is -2.29. The zero-order valence-corrected chi connectivity index (χ0v) is 13.3. The van der Waals surface area contributed by atoms with Crippen LogP contribution >= 0.6 is 22.9 Å². The Bertz CT molecular complexity index is 661. The van der Waals surface area contributed by atoms with E-state index in [-0.39, 0.29) is 11.8 Å². The summed E-state index contributed by atoms with van der Waals surface area (Å²) >= 11 is 7.66. The Morgan fingerprint density at radius 1 is 1.33 bits per heavy atom. The van der Waals surface area contributed by atoms with Crippen molar-refractivity contribution in [2.45, 2.75) is 44.9 Å². The molecule has 1 aliphatic carbocycles. The van der Waals surface area contributed by atoms with E-state index in [0.717, 1.165) is 52.4 Å². The highest BCUT2D eigenvalue weighted by Gasteiger charge is 2.35. The van der Waals surface area contributed by atoms with Crippen molar-refractivity contribution >= 4 is 39.1 Å². The zero-order chi connectivity index (χ0) is 14.9. The molecule has 0 saturated heterocycles. The quantitative estimate of drug-likeness (QED) is 0.869. The molecule has 1 heterocycles. The summed E-state index contributed by atoms with van der Waals surface area (Å²) in [5.41, 5.74) is 0.850. The van der Waals surface area contributed by atoms with E-state index < -0.39 is 5.97 Å². The van der Waals surface area contributed by atoms with Gasteiger partial charge in [-0.15, -0.1) is 11.3 Å². The summed E-state index contributed by atoms with van der Waals surface area (Å²) in [6, 6.07) is 5.71. The molecule has 1 saturated carbocycles. The first-order chi connectivity index (χ1) is 10.1. The number of benzene rings is 1. The lowest BCUT2D eigenvalue weighted by atomic mass is 9.70. The highest BCUT2D eigenvalue weighted by molar-refractivity contribution is 7.18. The molecule has 1 aromatic carbocycles. The number of carboxylic acid groups (broad SMARTS) is 1. The zero-order valence-electron chi connectivity index (χ0n) is 11.8. The Balaban J connectivity index is 1.88. The average molecular weight is 324 g/mol. The molecule has 0 spiro atoms. The number of halogens is 1. The minimum atomic E-state index is -0.693. The summed E-state index contributed by atoms with van der Waals surface area (Å²) in [6.07, 6.45) is 6.50. The van der Waals surface area contributed by atoms with Crippen molar-refractivity contribution in [2.24, 2.45) is 5.41 Å². The van der Waals surface area contributed by atoms with Gasteiger partial charge in [0.05, 0.1) is 21.6 Å². The van der Waals surface area contributed by atoms with Crippen LogP contribution in [0.5, 0.6) is 0 Å². The predicted octanol–water partition coefficient (Wildman–Crippen LogP) is 4.92. The fourth-order valence-corrected chi connectivity index (χ4v) is 4.80. The number of thiazole rings is 1. The van der Waals surface area contributed by atoms with Gasteiger partial charge in [0.1, 0.15) is 0 Å². The Kier molecular flexibility index (Phi) is 4.18. The van der Waals surface area contributed by atoms with E-state index in [2.05, 4.69) is 4.98 Å². The van der Waals surface area contributed by atoms with Gasteiger partial charge in [0.15, 0.2) is 0 Å². The van der Waals surface area contributed by atoms with Gasteiger partial charge in [0, 0.05) is 11.4 Å². The second-order valence-corrected chi connectivity index (χ2v) is 7.58. The molecule has 0 radical (unpaired) electrons. The molecule has 0 unspecified atom stereocenters. The van der Waals surface area contributed by atoms with Crippen molar-refractivity contribution < 1.29 is 9.90 Å². The highest BCUT2D eigenvalue weighted by atomic mass is 35.5. The second kappa shape index (κ2) is 5.93. The molecule has 1 N–H and O–H groups in total. The summed E-state index contributed by atoms with van der Waals surface area (Å²) in [7, 11) is 0. The van der Waals surface area contributed by atoms with Crippen molar-refractivity contribution in [1.82, 2.24) is 4.98 Å². The number of aliphatic carboxylic acids is 1. The Morgan fingerprint density at radius 2 is 2.10 bits per heavy atom. The fraction of sp³-hybridized carbons (Fsp3) is 0.500. The van der Waals surface area contributed by atoms with E-state index in [1.54, 1.807) is 11.3 Å². The maximum atomic E-state index is 11.2. The first-order valence-corrected chi connectivity index (χ1v) is 8.53. The maximum Gasteiger partial charge on any atom is 0.303 e. The van der Waals surface area contributed by atoms with Gasteiger partial charge in [-0.05, 0) is 36.5 Å². The Hall–Kier alpha value is -1.13. The van der Waals surface area contributed by atoms with Crippen LogP contribution in [0.4, 0.5) is 0 Å². The molecule has 1 aliphatic rings. The van der Waals surface area contributed by atoms with Crippen molar-refractivity contribution in [3.63, 3.8) is 0 Å². The highest BCUT2D eigenvalue weighted by Crippen LogP contribution is 2.43. The summed E-state index contributed by atoms with van der Waals surface area (Å²) in [5, 5.41) is 11.0. The van der Waals surface area contributed by atoms with Gasteiger partial charge in [-0.1, -0.05) is 30.9 Å². The molecule has 1 fully saturated rings. The molecule has 2 aromatic rings. The first-order valence-electron chi connectivity index (χ1n) is 7.33. The van der Waals surface area contributed by atoms with E-state index in [9.17, 15) is 9.90 Å². The molecule has 112 valence electrons. The molecule has 0 amide bonds. The third-order valence-electron chi connectivity index (χ3n) is 4.36. The normalized spacial score (nSPS) is 18.0. The summed E-state index contributed by atoms with van der Waals surface area (Å²) in [6.45, 7) is 0. The molecule has 0 bridgehead atoms. The van der Waals surface area contributed by atoms with Crippen LogP contribution in [0.25, 0.3) is 10.2 Å². The topological polar surface area (TPSA) is 50.2 Å². The molecule has 5 heteroatoms. The van der Waals surface area contributed by atoms with Crippen molar-refractivity contribution in [3.05, 3.63) is 28.2 Å². The predicted molar refractivity (Wildman–Crippen MR) is 86.1 cm³/mol. The fourth-order valence-electron chi connectivity index (χ4n) is 3.38. The number of hydrogen-bond donors (Lipinski definition) is 1. The third-order valence-corrected chi connectivity index (χ3v) is 5.61. The van der Waals surface area contributed by atoms with Crippen LogP contribution < -0.4 is 0 Å². The number of rotatable bonds is 4. The number of hydrogen-bond acceptors (Lipinski definition) is 3. The minimum absolute atomic E-state index is 0.109. The van der Waals surface area contributed by atoms with E-state index in [1.165, 1.54) is 6.42 Å². The van der Waals surface area contributed by atoms with E-state index in [0.29, 0.717) is 0 Å². The SMILES string of the molecule is O=C(O)CC1(Cc2nc3ccc(Cl)cc3s2)CCCCC1. The number of aromatic nitrogens is 1. The maximum absolute atomic E-state index is 11.2. The number of nitrogens with zero attached hydrogens (tertiary/aromatic N) is 1. The van der Waals surface area contributed by atoms with Gasteiger partial charge in [0.25, 0.3) is 0 Å². The monoisotopic (exact) mass is 323 g/mol. The molecule has 1 aromatic heterocycles.